The Morgan fingerprint density at radius 3 is 2.32 bits per heavy atom. The third kappa shape index (κ3) is 3.23. The standard InChI is InChI=1S/C16H22N2S/c1-11-14(9-10-17)19-15(18-11)12-5-7-13(8-6-12)16(2,3)4/h5-8H,9-10,17H2,1-4H3. The molecule has 0 amide bonds. The number of nitrogens with zero attached hydrogens (tertiary/aromatic N) is 1. The number of aryl methyl sites for hydroxylation is 1. The van der Waals surface area contributed by atoms with Crippen molar-refractivity contribution in [1.82, 2.24) is 4.98 Å². The maximum atomic E-state index is 5.62. The molecule has 0 aliphatic carbocycles. The molecule has 1 aromatic carbocycles. The fourth-order valence-corrected chi connectivity index (χ4v) is 3.11. The summed E-state index contributed by atoms with van der Waals surface area (Å²) in [7, 11) is 0. The number of benzene rings is 1. The zero-order chi connectivity index (χ0) is 14.0. The van der Waals surface area contributed by atoms with Gasteiger partial charge in [0.25, 0.3) is 0 Å². The Labute approximate surface area is 119 Å². The summed E-state index contributed by atoms with van der Waals surface area (Å²) < 4.78 is 0. The zero-order valence-electron chi connectivity index (χ0n) is 12.2. The molecule has 0 bridgehead atoms. The van der Waals surface area contributed by atoms with Gasteiger partial charge in [-0.1, -0.05) is 45.0 Å². The van der Waals surface area contributed by atoms with Gasteiger partial charge >= 0.3 is 0 Å². The fourth-order valence-electron chi connectivity index (χ4n) is 2.03. The van der Waals surface area contributed by atoms with Gasteiger partial charge < -0.3 is 5.73 Å². The molecule has 1 aromatic heterocycles. The molecule has 2 nitrogen and oxygen atoms in total. The third-order valence-corrected chi connectivity index (χ3v) is 4.53. The Kier molecular flexibility index (Phi) is 4.07. The van der Waals surface area contributed by atoms with Crippen LogP contribution in [0.2, 0.25) is 0 Å². The summed E-state index contributed by atoms with van der Waals surface area (Å²) in [6, 6.07) is 8.75. The van der Waals surface area contributed by atoms with Crippen LogP contribution in [0.3, 0.4) is 0 Å². The second-order valence-corrected chi connectivity index (χ2v) is 6.98. The molecule has 0 spiro atoms. The lowest BCUT2D eigenvalue weighted by atomic mass is 9.87. The number of hydrogen-bond acceptors (Lipinski definition) is 3. The Hall–Kier alpha value is -1.19. The number of rotatable bonds is 3. The Balaban J connectivity index is 2.30. The van der Waals surface area contributed by atoms with Crippen molar-refractivity contribution in [1.29, 1.82) is 0 Å². The molecule has 0 fully saturated rings. The van der Waals surface area contributed by atoms with Crippen molar-refractivity contribution in [2.45, 2.75) is 39.5 Å². The number of nitrogens with two attached hydrogens (primary N) is 1. The maximum Gasteiger partial charge on any atom is 0.123 e. The molecule has 2 aromatic rings. The van der Waals surface area contributed by atoms with Gasteiger partial charge in [-0.25, -0.2) is 4.98 Å². The molecule has 0 radical (unpaired) electrons. The summed E-state index contributed by atoms with van der Waals surface area (Å²) in [5.41, 5.74) is 9.49. The minimum Gasteiger partial charge on any atom is -0.330 e. The van der Waals surface area contributed by atoms with Crippen molar-refractivity contribution in [3.8, 4) is 10.6 Å². The van der Waals surface area contributed by atoms with E-state index in [0.717, 1.165) is 17.1 Å². The van der Waals surface area contributed by atoms with Crippen LogP contribution in [0.4, 0.5) is 0 Å². The van der Waals surface area contributed by atoms with E-state index in [0.29, 0.717) is 6.54 Å². The van der Waals surface area contributed by atoms with E-state index in [9.17, 15) is 0 Å². The number of thiazole rings is 1. The summed E-state index contributed by atoms with van der Waals surface area (Å²) in [6.07, 6.45) is 0.920. The normalized spacial score (nSPS) is 11.8. The summed E-state index contributed by atoms with van der Waals surface area (Å²) in [4.78, 5) is 5.96. The third-order valence-electron chi connectivity index (χ3n) is 3.26. The van der Waals surface area contributed by atoms with E-state index in [1.807, 2.05) is 0 Å². The Morgan fingerprint density at radius 2 is 1.79 bits per heavy atom. The average Bonchev–Trinajstić information content (AvgIpc) is 2.71. The smallest absolute Gasteiger partial charge is 0.123 e. The minimum absolute atomic E-state index is 0.196. The van der Waals surface area contributed by atoms with Gasteiger partial charge in [-0.2, -0.15) is 0 Å². The van der Waals surface area contributed by atoms with E-state index in [1.165, 1.54) is 16.0 Å². The predicted molar refractivity (Wildman–Crippen MR) is 83.7 cm³/mol. The lowest BCUT2D eigenvalue weighted by molar-refractivity contribution is 0.590. The molecule has 3 heteroatoms. The van der Waals surface area contributed by atoms with Crippen molar-refractivity contribution < 1.29 is 0 Å². The SMILES string of the molecule is Cc1nc(-c2ccc(C(C)(C)C)cc2)sc1CCN. The summed E-state index contributed by atoms with van der Waals surface area (Å²) in [5.74, 6) is 0. The molecule has 102 valence electrons. The molecular formula is C16H22N2S. The largest absolute Gasteiger partial charge is 0.330 e. The van der Waals surface area contributed by atoms with Crippen LogP contribution < -0.4 is 5.73 Å². The summed E-state index contributed by atoms with van der Waals surface area (Å²) in [6.45, 7) is 9.44. The topological polar surface area (TPSA) is 38.9 Å². The molecule has 2 rings (SSSR count). The quantitative estimate of drug-likeness (QED) is 0.921. The lowest BCUT2D eigenvalue weighted by Gasteiger charge is -2.18. The lowest BCUT2D eigenvalue weighted by Crippen LogP contribution is -2.10. The molecule has 0 atom stereocenters. The average molecular weight is 274 g/mol. The van der Waals surface area contributed by atoms with Crippen LogP contribution in [0.5, 0.6) is 0 Å². The van der Waals surface area contributed by atoms with Crippen LogP contribution in [-0.2, 0) is 11.8 Å². The second-order valence-electron chi connectivity index (χ2n) is 5.89. The van der Waals surface area contributed by atoms with Gasteiger partial charge in [0.1, 0.15) is 5.01 Å². The number of hydrogen-bond donors (Lipinski definition) is 1. The fraction of sp³-hybridized carbons (Fsp3) is 0.438. The van der Waals surface area contributed by atoms with Crippen molar-refractivity contribution in [2.75, 3.05) is 6.54 Å². The minimum atomic E-state index is 0.196. The van der Waals surface area contributed by atoms with E-state index < -0.39 is 0 Å². The van der Waals surface area contributed by atoms with Crippen LogP contribution in [-0.4, -0.2) is 11.5 Å². The highest BCUT2D eigenvalue weighted by Crippen LogP contribution is 2.30. The van der Waals surface area contributed by atoms with Gasteiger partial charge in [0.2, 0.25) is 0 Å². The highest BCUT2D eigenvalue weighted by molar-refractivity contribution is 7.15. The van der Waals surface area contributed by atoms with Crippen LogP contribution in [0.15, 0.2) is 24.3 Å². The van der Waals surface area contributed by atoms with Gasteiger partial charge in [0.05, 0.1) is 5.69 Å². The van der Waals surface area contributed by atoms with Crippen LogP contribution >= 0.6 is 11.3 Å². The second kappa shape index (κ2) is 5.43. The van der Waals surface area contributed by atoms with E-state index in [1.54, 1.807) is 11.3 Å². The summed E-state index contributed by atoms with van der Waals surface area (Å²) >= 11 is 1.76. The summed E-state index contributed by atoms with van der Waals surface area (Å²) in [5, 5.41) is 1.10. The first kappa shape index (κ1) is 14.2. The molecule has 0 aliphatic rings. The highest BCUT2D eigenvalue weighted by atomic mass is 32.1. The van der Waals surface area contributed by atoms with Crippen molar-refractivity contribution in [2.24, 2.45) is 5.73 Å². The first-order valence-corrected chi connectivity index (χ1v) is 7.51. The zero-order valence-corrected chi connectivity index (χ0v) is 13.0. The van der Waals surface area contributed by atoms with Crippen LogP contribution in [0.1, 0.15) is 36.9 Å². The van der Waals surface area contributed by atoms with E-state index >= 15 is 0 Å². The molecule has 19 heavy (non-hydrogen) atoms. The Morgan fingerprint density at radius 1 is 1.16 bits per heavy atom. The van der Waals surface area contributed by atoms with E-state index in [-0.39, 0.29) is 5.41 Å². The highest BCUT2D eigenvalue weighted by Gasteiger charge is 2.14. The molecule has 0 saturated heterocycles. The van der Waals surface area contributed by atoms with Gasteiger partial charge in [-0.05, 0) is 30.9 Å². The molecule has 0 aliphatic heterocycles. The van der Waals surface area contributed by atoms with Gasteiger partial charge in [-0.3, -0.25) is 0 Å². The van der Waals surface area contributed by atoms with Gasteiger partial charge in [0.15, 0.2) is 0 Å². The molecular weight excluding hydrogens is 252 g/mol. The predicted octanol–water partition coefficient (Wildman–Crippen LogP) is 3.92. The van der Waals surface area contributed by atoms with Gasteiger partial charge in [-0.15, -0.1) is 11.3 Å². The van der Waals surface area contributed by atoms with Crippen molar-refractivity contribution in [3.63, 3.8) is 0 Å². The first-order valence-electron chi connectivity index (χ1n) is 6.69. The van der Waals surface area contributed by atoms with E-state index in [4.69, 9.17) is 5.73 Å². The van der Waals surface area contributed by atoms with Crippen molar-refractivity contribution >= 4 is 11.3 Å². The molecule has 2 N–H and O–H groups in total. The monoisotopic (exact) mass is 274 g/mol. The van der Waals surface area contributed by atoms with Crippen LogP contribution in [0, 0.1) is 6.92 Å². The maximum absolute atomic E-state index is 5.62. The van der Waals surface area contributed by atoms with Crippen molar-refractivity contribution in [3.05, 3.63) is 40.4 Å². The first-order chi connectivity index (χ1) is 8.91. The molecule has 0 saturated carbocycles. The molecule has 0 unspecified atom stereocenters. The molecule has 1 heterocycles. The van der Waals surface area contributed by atoms with Crippen LogP contribution in [0.25, 0.3) is 10.6 Å². The van der Waals surface area contributed by atoms with Gasteiger partial charge in [0, 0.05) is 10.4 Å². The Bertz CT molecular complexity index is 547. The number of aromatic nitrogens is 1. The van der Waals surface area contributed by atoms with E-state index in [2.05, 4.69) is 56.9 Å².